The largest absolute Gasteiger partial charge is 0.350 e. The molecule has 0 aliphatic heterocycles. The van der Waals surface area contributed by atoms with E-state index in [9.17, 15) is 9.18 Å². The third-order valence-electron chi connectivity index (χ3n) is 6.64. The fraction of sp³-hybridized carbons (Fsp3) is 0.571. The molecule has 3 heteroatoms. The molecule has 0 heterocycles. The molecule has 4 bridgehead atoms. The molecule has 4 aliphatic rings. The van der Waals surface area contributed by atoms with Gasteiger partial charge in [-0.3, -0.25) is 4.79 Å². The van der Waals surface area contributed by atoms with Gasteiger partial charge in [-0.15, -0.1) is 0 Å². The number of carbonyl (C=O) groups excluding carboxylic acids is 1. The average Bonchev–Trinajstić information content (AvgIpc) is 2.52. The number of amides is 1. The summed E-state index contributed by atoms with van der Waals surface area (Å²) in [5.74, 6) is 2.32. The van der Waals surface area contributed by atoms with E-state index >= 15 is 0 Å². The van der Waals surface area contributed by atoms with Gasteiger partial charge < -0.3 is 5.32 Å². The van der Waals surface area contributed by atoms with Crippen LogP contribution in [0.2, 0.25) is 0 Å². The summed E-state index contributed by atoms with van der Waals surface area (Å²) < 4.78 is 13.2. The highest BCUT2D eigenvalue weighted by atomic mass is 19.1. The number of benzene rings is 1. The van der Waals surface area contributed by atoms with Gasteiger partial charge in [0.1, 0.15) is 5.82 Å². The maximum atomic E-state index is 13.2. The lowest BCUT2D eigenvalue weighted by Crippen LogP contribution is -2.55. The number of nitrogens with one attached hydrogen (secondary N) is 1. The van der Waals surface area contributed by atoms with Gasteiger partial charge in [-0.25, -0.2) is 4.39 Å². The van der Waals surface area contributed by atoms with E-state index in [1.54, 1.807) is 18.2 Å². The van der Waals surface area contributed by atoms with Crippen molar-refractivity contribution in [3.05, 3.63) is 41.7 Å². The van der Waals surface area contributed by atoms with Crippen LogP contribution in [0, 0.1) is 29.0 Å². The first kappa shape index (κ1) is 15.9. The molecule has 1 amide bonds. The maximum Gasteiger partial charge on any atom is 0.244 e. The van der Waals surface area contributed by atoms with Gasteiger partial charge in [-0.1, -0.05) is 12.1 Å². The van der Waals surface area contributed by atoms with Crippen molar-refractivity contribution in [2.45, 2.75) is 51.5 Å². The summed E-state index contributed by atoms with van der Waals surface area (Å²) in [5.41, 5.74) is 1.03. The quantitative estimate of drug-likeness (QED) is 0.807. The molecular formula is C21H26FNO. The predicted octanol–water partition coefficient (Wildman–Crippen LogP) is 4.56. The van der Waals surface area contributed by atoms with Crippen LogP contribution in [0.3, 0.4) is 0 Å². The first-order valence-corrected chi connectivity index (χ1v) is 9.26. The molecule has 4 fully saturated rings. The number of carbonyl (C=O) groups is 1. The smallest absolute Gasteiger partial charge is 0.244 e. The lowest BCUT2D eigenvalue weighted by molar-refractivity contribution is -0.121. The Kier molecular flexibility index (Phi) is 3.98. The number of hydrogen-bond acceptors (Lipinski definition) is 1. The minimum absolute atomic E-state index is 0.0671. The van der Waals surface area contributed by atoms with Crippen molar-refractivity contribution in [3.63, 3.8) is 0 Å². The van der Waals surface area contributed by atoms with E-state index in [4.69, 9.17) is 0 Å². The van der Waals surface area contributed by atoms with Crippen LogP contribution >= 0.6 is 0 Å². The molecule has 0 radical (unpaired) electrons. The molecule has 2 nitrogen and oxygen atoms in total. The van der Waals surface area contributed by atoms with Crippen molar-refractivity contribution >= 4 is 12.0 Å². The molecule has 1 aromatic carbocycles. The number of hydrogen-bond donors (Lipinski definition) is 1. The molecule has 1 atom stereocenters. The predicted molar refractivity (Wildman–Crippen MR) is 93.6 cm³/mol. The molecule has 0 unspecified atom stereocenters. The summed E-state index contributed by atoms with van der Waals surface area (Å²) in [7, 11) is 0. The van der Waals surface area contributed by atoms with Gasteiger partial charge in [0, 0.05) is 12.1 Å². The Bertz CT molecular complexity index is 630. The monoisotopic (exact) mass is 327 g/mol. The van der Waals surface area contributed by atoms with E-state index in [0.717, 1.165) is 17.8 Å². The second-order valence-electron chi connectivity index (χ2n) is 8.40. The van der Waals surface area contributed by atoms with Gasteiger partial charge in [0.05, 0.1) is 0 Å². The van der Waals surface area contributed by atoms with Crippen molar-refractivity contribution in [3.8, 4) is 0 Å². The molecule has 0 aromatic heterocycles. The van der Waals surface area contributed by atoms with E-state index < -0.39 is 0 Å². The SMILES string of the molecule is C[C@@H](NC(=O)/C=C/c1cccc(F)c1)C12CC3CC(CC(C3)C1)C2. The molecule has 128 valence electrons. The van der Waals surface area contributed by atoms with Crippen molar-refractivity contribution in [2.24, 2.45) is 23.2 Å². The zero-order valence-electron chi connectivity index (χ0n) is 14.3. The Labute approximate surface area is 143 Å². The van der Waals surface area contributed by atoms with Crippen LogP contribution in [0.15, 0.2) is 30.3 Å². The minimum Gasteiger partial charge on any atom is -0.350 e. The Morgan fingerprint density at radius 2 is 1.83 bits per heavy atom. The van der Waals surface area contributed by atoms with Gasteiger partial charge in [0.15, 0.2) is 0 Å². The lowest BCUT2D eigenvalue weighted by Gasteiger charge is -2.59. The first-order chi connectivity index (χ1) is 11.5. The molecule has 0 saturated heterocycles. The third-order valence-corrected chi connectivity index (χ3v) is 6.64. The van der Waals surface area contributed by atoms with Crippen molar-refractivity contribution in [1.82, 2.24) is 5.32 Å². The summed E-state index contributed by atoms with van der Waals surface area (Å²) in [6.45, 7) is 2.18. The minimum atomic E-state index is -0.278. The molecule has 1 N–H and O–H groups in total. The van der Waals surface area contributed by atoms with Crippen molar-refractivity contribution in [1.29, 1.82) is 0 Å². The highest BCUT2D eigenvalue weighted by molar-refractivity contribution is 5.91. The topological polar surface area (TPSA) is 29.1 Å². The maximum absolute atomic E-state index is 13.2. The second kappa shape index (κ2) is 6.02. The fourth-order valence-corrected chi connectivity index (χ4v) is 5.90. The molecule has 4 aliphatic carbocycles. The van der Waals surface area contributed by atoms with Gasteiger partial charge >= 0.3 is 0 Å². The number of rotatable bonds is 4. The standard InChI is InChI=1S/C21H26FNO/c1-14(21-11-16-7-17(12-21)9-18(8-16)13-21)23-20(24)6-5-15-3-2-4-19(22)10-15/h2-6,10,14,16-18H,7-9,11-13H2,1H3,(H,23,24)/b6-5+/t14-,16?,17?,18?,21?/m1/s1. The highest BCUT2D eigenvalue weighted by Crippen LogP contribution is 2.61. The summed E-state index contributed by atoms with van der Waals surface area (Å²) >= 11 is 0. The Morgan fingerprint density at radius 1 is 1.21 bits per heavy atom. The van der Waals surface area contributed by atoms with Crippen LogP contribution in [-0.2, 0) is 4.79 Å². The Balaban J connectivity index is 1.41. The van der Waals surface area contributed by atoms with Crippen LogP contribution in [0.1, 0.15) is 51.0 Å². The molecule has 4 saturated carbocycles. The first-order valence-electron chi connectivity index (χ1n) is 9.26. The van der Waals surface area contributed by atoms with Crippen molar-refractivity contribution in [2.75, 3.05) is 0 Å². The molecule has 0 spiro atoms. The average molecular weight is 327 g/mol. The van der Waals surface area contributed by atoms with Gasteiger partial charge in [-0.2, -0.15) is 0 Å². The third kappa shape index (κ3) is 3.01. The molecular weight excluding hydrogens is 301 g/mol. The zero-order chi connectivity index (χ0) is 16.7. The summed E-state index contributed by atoms with van der Waals surface area (Å²) in [4.78, 5) is 12.3. The van der Waals surface area contributed by atoms with Crippen LogP contribution in [-0.4, -0.2) is 11.9 Å². The van der Waals surface area contributed by atoms with Crippen LogP contribution in [0.25, 0.3) is 6.08 Å². The van der Waals surface area contributed by atoms with E-state index in [2.05, 4.69) is 12.2 Å². The van der Waals surface area contributed by atoms with Crippen LogP contribution in [0.5, 0.6) is 0 Å². The van der Waals surface area contributed by atoms with Crippen LogP contribution < -0.4 is 5.32 Å². The van der Waals surface area contributed by atoms with Gasteiger partial charge in [-0.05, 0) is 92.4 Å². The van der Waals surface area contributed by atoms with Crippen LogP contribution in [0.4, 0.5) is 4.39 Å². The molecule has 24 heavy (non-hydrogen) atoms. The second-order valence-corrected chi connectivity index (χ2v) is 8.40. The Hall–Kier alpha value is -1.64. The van der Waals surface area contributed by atoms with Gasteiger partial charge in [0.2, 0.25) is 5.91 Å². The van der Waals surface area contributed by atoms with Crippen molar-refractivity contribution < 1.29 is 9.18 Å². The lowest BCUT2D eigenvalue weighted by atomic mass is 9.48. The highest BCUT2D eigenvalue weighted by Gasteiger charge is 2.53. The summed E-state index contributed by atoms with van der Waals surface area (Å²) in [6.07, 6.45) is 11.3. The number of halogens is 1. The fourth-order valence-electron chi connectivity index (χ4n) is 5.90. The van der Waals surface area contributed by atoms with E-state index in [1.807, 2.05) is 0 Å². The summed E-state index contributed by atoms with van der Waals surface area (Å²) in [6, 6.07) is 6.52. The zero-order valence-corrected chi connectivity index (χ0v) is 14.3. The van der Waals surface area contributed by atoms with E-state index in [1.165, 1.54) is 56.7 Å². The normalized spacial score (nSPS) is 35.3. The molecule has 1 aromatic rings. The summed E-state index contributed by atoms with van der Waals surface area (Å²) in [5, 5.41) is 3.20. The Morgan fingerprint density at radius 3 is 2.42 bits per heavy atom. The molecule has 5 rings (SSSR count). The van der Waals surface area contributed by atoms with Gasteiger partial charge in [0.25, 0.3) is 0 Å². The van der Waals surface area contributed by atoms with E-state index in [-0.39, 0.29) is 17.8 Å². The van der Waals surface area contributed by atoms with E-state index in [0.29, 0.717) is 11.0 Å².